The van der Waals surface area contributed by atoms with E-state index >= 15 is 0 Å². The van der Waals surface area contributed by atoms with Crippen LogP contribution in [0.2, 0.25) is 0 Å². The molecule has 2 aromatic rings. The summed E-state index contributed by atoms with van der Waals surface area (Å²) in [6.07, 6.45) is -0.941. The van der Waals surface area contributed by atoms with Gasteiger partial charge >= 0.3 is 5.69 Å². The maximum Gasteiger partial charge on any atom is 0.311 e. The van der Waals surface area contributed by atoms with E-state index in [1.54, 1.807) is 31.2 Å². The first-order chi connectivity index (χ1) is 14.2. The Morgan fingerprint density at radius 1 is 1.10 bits per heavy atom. The predicted molar refractivity (Wildman–Crippen MR) is 110 cm³/mol. The highest BCUT2D eigenvalue weighted by Crippen LogP contribution is 2.29. The van der Waals surface area contributed by atoms with Gasteiger partial charge in [-0.05, 0) is 37.6 Å². The molecule has 0 radical (unpaired) electrons. The Balaban J connectivity index is 1.64. The van der Waals surface area contributed by atoms with E-state index in [1.165, 1.54) is 40.4 Å². The second-order valence-electron chi connectivity index (χ2n) is 7.03. The van der Waals surface area contributed by atoms with Crippen LogP contribution in [-0.4, -0.2) is 60.7 Å². The summed E-state index contributed by atoms with van der Waals surface area (Å²) in [5.74, 6) is -0.321. The molecule has 0 N–H and O–H groups in total. The van der Waals surface area contributed by atoms with Gasteiger partial charge in [0.1, 0.15) is 0 Å². The van der Waals surface area contributed by atoms with E-state index in [4.69, 9.17) is 4.74 Å². The Morgan fingerprint density at radius 2 is 1.73 bits per heavy atom. The summed E-state index contributed by atoms with van der Waals surface area (Å²) in [7, 11) is -3.61. The van der Waals surface area contributed by atoms with Crippen molar-refractivity contribution in [3.8, 4) is 5.75 Å². The molecule has 1 fully saturated rings. The van der Waals surface area contributed by atoms with E-state index in [9.17, 15) is 23.3 Å². The first-order valence-corrected chi connectivity index (χ1v) is 10.9. The van der Waals surface area contributed by atoms with Gasteiger partial charge in [-0.1, -0.05) is 24.3 Å². The fourth-order valence-electron chi connectivity index (χ4n) is 3.26. The third-order valence-corrected chi connectivity index (χ3v) is 6.81. The molecule has 1 heterocycles. The average Bonchev–Trinajstić information content (AvgIpc) is 2.75. The second-order valence-corrected chi connectivity index (χ2v) is 8.97. The van der Waals surface area contributed by atoms with Crippen LogP contribution in [0.1, 0.15) is 12.5 Å². The minimum atomic E-state index is -3.61. The van der Waals surface area contributed by atoms with Crippen LogP contribution in [0, 0.1) is 17.0 Å². The van der Waals surface area contributed by atoms with Crippen LogP contribution in [-0.2, 0) is 14.8 Å². The van der Waals surface area contributed by atoms with Gasteiger partial charge in [0.25, 0.3) is 5.91 Å². The normalized spacial score (nSPS) is 16.1. The monoisotopic (exact) mass is 433 g/mol. The molecular weight excluding hydrogens is 410 g/mol. The van der Waals surface area contributed by atoms with E-state index < -0.39 is 21.1 Å². The molecule has 1 aliphatic heterocycles. The van der Waals surface area contributed by atoms with Gasteiger partial charge < -0.3 is 9.64 Å². The van der Waals surface area contributed by atoms with Crippen molar-refractivity contribution in [1.82, 2.24) is 9.21 Å². The zero-order valence-corrected chi connectivity index (χ0v) is 17.5. The first kappa shape index (κ1) is 21.7. The fraction of sp³-hybridized carbons (Fsp3) is 0.350. The number of nitrogens with zero attached hydrogens (tertiary/aromatic N) is 3. The minimum Gasteiger partial charge on any atom is -0.474 e. The van der Waals surface area contributed by atoms with Crippen LogP contribution in [0.4, 0.5) is 5.69 Å². The molecule has 9 nitrogen and oxygen atoms in total. The Labute approximate surface area is 175 Å². The van der Waals surface area contributed by atoms with Gasteiger partial charge in [0.2, 0.25) is 10.0 Å². The topological polar surface area (TPSA) is 110 Å². The molecule has 160 valence electrons. The number of piperazine rings is 1. The van der Waals surface area contributed by atoms with Crippen LogP contribution in [0.25, 0.3) is 0 Å². The van der Waals surface area contributed by atoms with Gasteiger partial charge in [0, 0.05) is 32.2 Å². The Bertz CT molecular complexity index is 1030. The summed E-state index contributed by atoms with van der Waals surface area (Å²) in [5.41, 5.74) is 0.511. The number of hydrogen-bond acceptors (Lipinski definition) is 6. The van der Waals surface area contributed by atoms with Crippen molar-refractivity contribution in [3.05, 3.63) is 64.2 Å². The van der Waals surface area contributed by atoms with Crippen LogP contribution < -0.4 is 4.74 Å². The minimum absolute atomic E-state index is 0.0248. The van der Waals surface area contributed by atoms with E-state index in [-0.39, 0.29) is 48.4 Å². The van der Waals surface area contributed by atoms with Crippen molar-refractivity contribution in [2.45, 2.75) is 24.8 Å². The largest absolute Gasteiger partial charge is 0.474 e. The molecule has 0 spiro atoms. The van der Waals surface area contributed by atoms with Gasteiger partial charge in [0.15, 0.2) is 11.9 Å². The van der Waals surface area contributed by atoms with Gasteiger partial charge in [0.05, 0.1) is 9.82 Å². The molecule has 3 rings (SSSR count). The van der Waals surface area contributed by atoms with E-state index in [0.717, 1.165) is 0 Å². The van der Waals surface area contributed by atoms with Gasteiger partial charge in [-0.15, -0.1) is 0 Å². The van der Waals surface area contributed by atoms with Crippen molar-refractivity contribution in [2.75, 3.05) is 26.2 Å². The number of carbonyl (C=O) groups is 1. The lowest BCUT2D eigenvalue weighted by molar-refractivity contribution is -0.386. The van der Waals surface area contributed by atoms with Crippen molar-refractivity contribution in [1.29, 1.82) is 0 Å². The van der Waals surface area contributed by atoms with Crippen LogP contribution in [0.5, 0.6) is 5.75 Å². The molecule has 1 atom stereocenters. The Morgan fingerprint density at radius 3 is 2.33 bits per heavy atom. The number of hydrogen-bond donors (Lipinski definition) is 0. The lowest BCUT2D eigenvalue weighted by Crippen LogP contribution is -2.53. The highest BCUT2D eigenvalue weighted by atomic mass is 32.2. The summed E-state index contributed by atoms with van der Waals surface area (Å²) in [4.78, 5) is 25.2. The van der Waals surface area contributed by atoms with Gasteiger partial charge in [-0.3, -0.25) is 14.9 Å². The summed E-state index contributed by atoms with van der Waals surface area (Å²) >= 11 is 0. The number of sulfonamides is 1. The zero-order valence-electron chi connectivity index (χ0n) is 16.7. The number of nitro groups is 1. The van der Waals surface area contributed by atoms with Gasteiger partial charge in [-0.2, -0.15) is 4.31 Å². The van der Waals surface area contributed by atoms with Crippen molar-refractivity contribution < 1.29 is 22.9 Å². The maximum atomic E-state index is 12.7. The molecule has 0 bridgehead atoms. The number of ether oxygens (including phenoxy) is 1. The summed E-state index contributed by atoms with van der Waals surface area (Å²) < 4.78 is 32.3. The molecule has 0 aliphatic carbocycles. The summed E-state index contributed by atoms with van der Waals surface area (Å²) in [6, 6.07) is 12.7. The molecule has 1 saturated heterocycles. The van der Waals surface area contributed by atoms with Gasteiger partial charge in [-0.25, -0.2) is 8.42 Å². The van der Waals surface area contributed by atoms with Crippen LogP contribution in [0.3, 0.4) is 0 Å². The zero-order chi connectivity index (χ0) is 21.9. The molecule has 1 amide bonds. The van der Waals surface area contributed by atoms with E-state index in [1.807, 2.05) is 0 Å². The molecule has 0 aromatic heterocycles. The molecule has 0 saturated carbocycles. The SMILES string of the molecule is Cc1ccc(OC(C)C(=O)N2CCN(S(=O)(=O)c3ccccc3)CC2)c([N+](=O)[O-])c1. The third kappa shape index (κ3) is 4.60. The Kier molecular flexibility index (Phi) is 6.37. The molecule has 2 aromatic carbocycles. The Hall–Kier alpha value is -2.98. The predicted octanol–water partition coefficient (Wildman–Crippen LogP) is 2.20. The standard InChI is InChI=1S/C20H23N3O6S/c1-15-8-9-19(18(14-15)23(25)26)29-16(2)20(24)21-10-12-22(13-11-21)30(27,28)17-6-4-3-5-7-17/h3-9,14,16H,10-13H2,1-2H3. The lowest BCUT2D eigenvalue weighted by atomic mass is 10.2. The van der Waals surface area contributed by atoms with Crippen molar-refractivity contribution in [2.24, 2.45) is 0 Å². The highest BCUT2D eigenvalue weighted by molar-refractivity contribution is 7.89. The van der Waals surface area contributed by atoms with Crippen LogP contribution >= 0.6 is 0 Å². The number of aryl methyl sites for hydroxylation is 1. The molecule has 10 heteroatoms. The van der Waals surface area contributed by atoms with Crippen LogP contribution in [0.15, 0.2) is 53.4 Å². The number of amides is 1. The average molecular weight is 433 g/mol. The second kappa shape index (κ2) is 8.80. The maximum absolute atomic E-state index is 12.7. The van der Waals surface area contributed by atoms with Crippen molar-refractivity contribution in [3.63, 3.8) is 0 Å². The molecule has 30 heavy (non-hydrogen) atoms. The first-order valence-electron chi connectivity index (χ1n) is 9.46. The fourth-order valence-corrected chi connectivity index (χ4v) is 4.70. The number of carbonyl (C=O) groups excluding carboxylic acids is 1. The number of benzene rings is 2. The number of rotatable bonds is 6. The summed E-state index contributed by atoms with van der Waals surface area (Å²) in [6.45, 7) is 4.03. The smallest absolute Gasteiger partial charge is 0.311 e. The highest BCUT2D eigenvalue weighted by Gasteiger charge is 2.32. The van der Waals surface area contributed by atoms with Crippen molar-refractivity contribution >= 4 is 21.6 Å². The number of nitro benzene ring substituents is 1. The quantitative estimate of drug-likeness (QED) is 0.510. The molecule has 1 aliphatic rings. The van der Waals surface area contributed by atoms with E-state index in [0.29, 0.717) is 5.56 Å². The molecular formula is C20H23N3O6S. The lowest BCUT2D eigenvalue weighted by Gasteiger charge is -2.35. The van der Waals surface area contributed by atoms with E-state index in [2.05, 4.69) is 0 Å². The summed E-state index contributed by atoms with van der Waals surface area (Å²) in [5, 5.41) is 11.2. The molecule has 1 unspecified atom stereocenters. The third-order valence-electron chi connectivity index (χ3n) is 4.89.